The number of aromatic nitrogens is 1. The number of esters is 1. The molecule has 0 fully saturated rings. The standard InChI is InChI=1S/C10H9ClF2N2O4/c1-2-19-8(16)3-5-6(15(17)18)4-7(11)14-9(5)10(12)13/h4,10H,2-3H2,1H3. The van der Waals surface area contributed by atoms with Crippen molar-refractivity contribution in [1.82, 2.24) is 4.98 Å². The predicted octanol–water partition coefficient (Wildman–Crippen LogP) is 2.69. The molecule has 0 atom stereocenters. The number of halogens is 3. The van der Waals surface area contributed by atoms with Gasteiger partial charge in [0.15, 0.2) is 0 Å². The third kappa shape index (κ3) is 3.82. The summed E-state index contributed by atoms with van der Waals surface area (Å²) in [4.78, 5) is 24.5. The van der Waals surface area contributed by atoms with E-state index in [4.69, 9.17) is 11.6 Å². The molecule has 1 rings (SSSR count). The highest BCUT2D eigenvalue weighted by atomic mass is 35.5. The van der Waals surface area contributed by atoms with Gasteiger partial charge in [-0.25, -0.2) is 13.8 Å². The molecule has 1 aromatic rings. The SMILES string of the molecule is CCOC(=O)Cc1c([N+](=O)[O-])cc(Cl)nc1C(F)F. The minimum Gasteiger partial charge on any atom is -0.466 e. The molecule has 0 saturated carbocycles. The van der Waals surface area contributed by atoms with Gasteiger partial charge >= 0.3 is 5.97 Å². The Kier molecular flexibility index (Phi) is 5.11. The summed E-state index contributed by atoms with van der Waals surface area (Å²) in [6.45, 7) is 1.57. The van der Waals surface area contributed by atoms with Gasteiger partial charge in [-0.1, -0.05) is 11.6 Å². The van der Waals surface area contributed by atoms with E-state index in [1.807, 2.05) is 0 Å². The predicted molar refractivity (Wildman–Crippen MR) is 61.2 cm³/mol. The normalized spacial score (nSPS) is 10.6. The van der Waals surface area contributed by atoms with Crippen LogP contribution in [0.25, 0.3) is 0 Å². The number of nitro groups is 1. The molecule has 19 heavy (non-hydrogen) atoms. The van der Waals surface area contributed by atoms with Crippen molar-refractivity contribution in [2.45, 2.75) is 19.8 Å². The lowest BCUT2D eigenvalue weighted by Crippen LogP contribution is -2.13. The molecule has 1 heterocycles. The van der Waals surface area contributed by atoms with E-state index >= 15 is 0 Å². The number of rotatable bonds is 5. The Hall–Kier alpha value is -1.83. The highest BCUT2D eigenvalue weighted by molar-refractivity contribution is 6.29. The van der Waals surface area contributed by atoms with Crippen LogP contribution in [0.3, 0.4) is 0 Å². The molecular formula is C10H9ClF2N2O4. The van der Waals surface area contributed by atoms with E-state index in [-0.39, 0.29) is 6.61 Å². The van der Waals surface area contributed by atoms with E-state index in [0.29, 0.717) is 0 Å². The van der Waals surface area contributed by atoms with Gasteiger partial charge in [0.25, 0.3) is 12.1 Å². The summed E-state index contributed by atoms with van der Waals surface area (Å²) in [5.74, 6) is -0.850. The van der Waals surface area contributed by atoms with Crippen LogP contribution in [0.1, 0.15) is 24.6 Å². The number of nitrogens with zero attached hydrogens (tertiary/aromatic N) is 2. The summed E-state index contributed by atoms with van der Waals surface area (Å²) in [5, 5.41) is 10.4. The summed E-state index contributed by atoms with van der Waals surface area (Å²) < 4.78 is 30.2. The molecule has 0 aromatic carbocycles. The van der Waals surface area contributed by atoms with Crippen molar-refractivity contribution < 1.29 is 23.2 Å². The van der Waals surface area contributed by atoms with Gasteiger partial charge in [0, 0.05) is 0 Å². The Bertz CT molecular complexity index is 511. The van der Waals surface area contributed by atoms with Gasteiger partial charge in [0.1, 0.15) is 10.8 Å². The second-order valence-electron chi connectivity index (χ2n) is 3.37. The molecule has 0 aliphatic rings. The number of ether oxygens (including phenoxy) is 1. The first-order valence-corrected chi connectivity index (χ1v) is 5.52. The van der Waals surface area contributed by atoms with Crippen LogP contribution in [0.4, 0.5) is 14.5 Å². The van der Waals surface area contributed by atoms with Crippen LogP contribution < -0.4 is 0 Å². The number of carbonyl (C=O) groups is 1. The fourth-order valence-electron chi connectivity index (χ4n) is 1.43. The molecular weight excluding hydrogens is 286 g/mol. The van der Waals surface area contributed by atoms with Crippen LogP contribution in [0, 0.1) is 10.1 Å². The smallest absolute Gasteiger partial charge is 0.310 e. The zero-order valence-corrected chi connectivity index (χ0v) is 10.5. The van der Waals surface area contributed by atoms with E-state index in [1.54, 1.807) is 0 Å². The summed E-state index contributed by atoms with van der Waals surface area (Å²) in [7, 11) is 0. The Morgan fingerprint density at radius 3 is 2.74 bits per heavy atom. The molecule has 9 heteroatoms. The minimum atomic E-state index is -3.08. The first-order chi connectivity index (χ1) is 8.86. The number of pyridine rings is 1. The molecule has 0 saturated heterocycles. The third-order valence-electron chi connectivity index (χ3n) is 2.13. The lowest BCUT2D eigenvalue weighted by molar-refractivity contribution is -0.385. The van der Waals surface area contributed by atoms with E-state index in [0.717, 1.165) is 6.07 Å². The van der Waals surface area contributed by atoms with Gasteiger partial charge in [-0.2, -0.15) is 0 Å². The molecule has 1 aromatic heterocycles. The lowest BCUT2D eigenvalue weighted by Gasteiger charge is -2.09. The van der Waals surface area contributed by atoms with Crippen molar-refractivity contribution in [3.8, 4) is 0 Å². The molecule has 0 spiro atoms. The van der Waals surface area contributed by atoms with Crippen LogP contribution in [-0.2, 0) is 16.0 Å². The van der Waals surface area contributed by atoms with Crippen molar-refractivity contribution in [3.05, 3.63) is 32.6 Å². The molecule has 0 aliphatic carbocycles. The maximum Gasteiger partial charge on any atom is 0.310 e. The van der Waals surface area contributed by atoms with Crippen LogP contribution >= 0.6 is 11.6 Å². The number of alkyl halides is 2. The maximum absolute atomic E-state index is 12.8. The Labute approximate surface area is 111 Å². The molecule has 0 aliphatic heterocycles. The molecule has 0 bridgehead atoms. The Balaban J connectivity index is 3.31. The summed E-state index contributed by atoms with van der Waals surface area (Å²) in [5.41, 5.74) is -2.04. The average Bonchev–Trinajstić information content (AvgIpc) is 2.30. The summed E-state index contributed by atoms with van der Waals surface area (Å²) in [6, 6.07) is 0.821. The number of hydrogen-bond donors (Lipinski definition) is 0. The van der Waals surface area contributed by atoms with Gasteiger partial charge in [-0.15, -0.1) is 0 Å². The summed E-state index contributed by atoms with van der Waals surface area (Å²) in [6.07, 6.45) is -3.74. The zero-order valence-electron chi connectivity index (χ0n) is 9.73. The minimum absolute atomic E-state index is 0.0393. The van der Waals surface area contributed by atoms with Crippen LogP contribution in [0.2, 0.25) is 5.15 Å². The largest absolute Gasteiger partial charge is 0.466 e. The first kappa shape index (κ1) is 15.2. The van der Waals surface area contributed by atoms with Gasteiger partial charge in [0.05, 0.1) is 29.6 Å². The molecule has 0 amide bonds. The van der Waals surface area contributed by atoms with Crippen LogP contribution in [0.15, 0.2) is 6.07 Å². The second-order valence-corrected chi connectivity index (χ2v) is 3.75. The fraction of sp³-hybridized carbons (Fsp3) is 0.400. The maximum atomic E-state index is 12.8. The monoisotopic (exact) mass is 294 g/mol. The number of hydrogen-bond acceptors (Lipinski definition) is 5. The van der Waals surface area contributed by atoms with Crippen LogP contribution in [-0.4, -0.2) is 22.5 Å². The van der Waals surface area contributed by atoms with E-state index < -0.39 is 45.8 Å². The molecule has 0 radical (unpaired) electrons. The third-order valence-corrected chi connectivity index (χ3v) is 2.32. The molecule has 0 N–H and O–H groups in total. The van der Waals surface area contributed by atoms with Gasteiger partial charge in [-0.3, -0.25) is 14.9 Å². The first-order valence-electron chi connectivity index (χ1n) is 5.14. The average molecular weight is 295 g/mol. The Morgan fingerprint density at radius 2 is 2.26 bits per heavy atom. The van der Waals surface area contributed by atoms with E-state index in [9.17, 15) is 23.7 Å². The molecule has 6 nitrogen and oxygen atoms in total. The van der Waals surface area contributed by atoms with E-state index in [2.05, 4.69) is 9.72 Å². The van der Waals surface area contributed by atoms with Crippen molar-refractivity contribution in [1.29, 1.82) is 0 Å². The molecule has 0 unspecified atom stereocenters. The Morgan fingerprint density at radius 1 is 1.63 bits per heavy atom. The van der Waals surface area contributed by atoms with E-state index in [1.165, 1.54) is 6.92 Å². The summed E-state index contributed by atoms with van der Waals surface area (Å²) >= 11 is 5.44. The van der Waals surface area contributed by atoms with Crippen molar-refractivity contribution in [2.24, 2.45) is 0 Å². The van der Waals surface area contributed by atoms with Crippen molar-refractivity contribution in [3.63, 3.8) is 0 Å². The van der Waals surface area contributed by atoms with Gasteiger partial charge in [-0.05, 0) is 6.92 Å². The number of carbonyl (C=O) groups excluding carboxylic acids is 1. The van der Waals surface area contributed by atoms with Gasteiger partial charge in [0.2, 0.25) is 0 Å². The van der Waals surface area contributed by atoms with Gasteiger partial charge < -0.3 is 4.74 Å². The highest BCUT2D eigenvalue weighted by Gasteiger charge is 2.27. The second kappa shape index (κ2) is 6.37. The quantitative estimate of drug-likeness (QED) is 0.361. The van der Waals surface area contributed by atoms with Crippen molar-refractivity contribution >= 4 is 23.3 Å². The molecule has 104 valence electrons. The van der Waals surface area contributed by atoms with Crippen LogP contribution in [0.5, 0.6) is 0 Å². The van der Waals surface area contributed by atoms with Crippen molar-refractivity contribution in [2.75, 3.05) is 6.61 Å². The topological polar surface area (TPSA) is 82.3 Å². The fourth-order valence-corrected chi connectivity index (χ4v) is 1.62. The zero-order chi connectivity index (χ0) is 14.6. The lowest BCUT2D eigenvalue weighted by atomic mass is 10.1. The highest BCUT2D eigenvalue weighted by Crippen LogP contribution is 2.31.